The highest BCUT2D eigenvalue weighted by Crippen LogP contribution is 2.20. The fourth-order valence-corrected chi connectivity index (χ4v) is 5.68. The zero-order valence-electron chi connectivity index (χ0n) is 26.7. The molecule has 0 aromatic carbocycles. The Bertz CT molecular complexity index is 812. The number of amides is 3. The molecular formula is C33H59N3O7. The molecule has 248 valence electrons. The molecule has 1 aliphatic heterocycles. The van der Waals surface area contributed by atoms with Crippen molar-refractivity contribution < 1.29 is 34.2 Å². The fourth-order valence-electron chi connectivity index (χ4n) is 5.68. The van der Waals surface area contributed by atoms with Gasteiger partial charge in [-0.25, -0.2) is 4.79 Å². The number of nitrogens with zero attached hydrogens (tertiary/aromatic N) is 1. The summed E-state index contributed by atoms with van der Waals surface area (Å²) < 4.78 is 0. The topological polar surface area (TPSA) is 153 Å². The molecule has 0 unspecified atom stereocenters. The van der Waals surface area contributed by atoms with Gasteiger partial charge in [-0.1, -0.05) is 89.9 Å². The van der Waals surface area contributed by atoms with E-state index in [-0.39, 0.29) is 36.5 Å². The number of carbonyl (C=O) groups excluding carboxylic acids is 3. The van der Waals surface area contributed by atoms with E-state index < -0.39 is 18.0 Å². The standard InChI is InChI=1S/C33H59N3O7/c1-2-34-29(37)22-21-28(33(42)43)35-32(41)27-23-25-36(26-24-27)30(38)19-17-15-13-11-9-7-5-3-4-6-8-10-12-14-16-18-20-31(39)40/h27-28H,2-26H2,1H3,(H,34,37)(H,35,41)(H,39,40)(H,42,43)/t28-/m0/s1. The molecule has 4 N–H and O–H groups in total. The Morgan fingerprint density at radius 1 is 0.674 bits per heavy atom. The van der Waals surface area contributed by atoms with Gasteiger partial charge in [-0.2, -0.15) is 0 Å². The number of hydrogen-bond donors (Lipinski definition) is 4. The van der Waals surface area contributed by atoms with Crippen molar-refractivity contribution in [3.8, 4) is 0 Å². The predicted octanol–water partition coefficient (Wildman–Crippen LogP) is 5.82. The summed E-state index contributed by atoms with van der Waals surface area (Å²) >= 11 is 0. The Labute approximate surface area is 259 Å². The Morgan fingerprint density at radius 2 is 1.12 bits per heavy atom. The number of likely N-dealkylation sites (tertiary alicyclic amines) is 1. The summed E-state index contributed by atoms with van der Waals surface area (Å²) in [7, 11) is 0. The summed E-state index contributed by atoms with van der Waals surface area (Å²) in [6, 6.07) is -1.09. The van der Waals surface area contributed by atoms with Crippen LogP contribution in [0.4, 0.5) is 0 Å². The molecule has 0 aliphatic carbocycles. The molecule has 0 bridgehead atoms. The second-order valence-corrected chi connectivity index (χ2v) is 12.1. The summed E-state index contributed by atoms with van der Waals surface area (Å²) in [5.74, 6) is -2.55. The summed E-state index contributed by atoms with van der Waals surface area (Å²) in [5, 5.41) is 23.3. The number of nitrogens with one attached hydrogen (secondary N) is 2. The number of rotatable bonds is 26. The van der Waals surface area contributed by atoms with Crippen molar-refractivity contribution in [2.24, 2.45) is 5.92 Å². The van der Waals surface area contributed by atoms with Gasteiger partial charge in [0, 0.05) is 44.8 Å². The third kappa shape index (κ3) is 20.0. The molecule has 10 nitrogen and oxygen atoms in total. The first kappa shape index (κ1) is 38.4. The minimum Gasteiger partial charge on any atom is -0.481 e. The van der Waals surface area contributed by atoms with E-state index >= 15 is 0 Å². The Hall–Kier alpha value is -2.65. The molecule has 0 spiro atoms. The average Bonchev–Trinajstić information content (AvgIpc) is 2.98. The van der Waals surface area contributed by atoms with Crippen molar-refractivity contribution >= 4 is 29.7 Å². The van der Waals surface area contributed by atoms with Crippen LogP contribution in [0.3, 0.4) is 0 Å². The van der Waals surface area contributed by atoms with Gasteiger partial charge >= 0.3 is 11.9 Å². The van der Waals surface area contributed by atoms with Crippen LogP contribution in [0.5, 0.6) is 0 Å². The lowest BCUT2D eigenvalue weighted by Crippen LogP contribution is -2.47. The third-order valence-corrected chi connectivity index (χ3v) is 8.40. The Balaban J connectivity index is 2.00. The maximum atomic E-state index is 12.6. The highest BCUT2D eigenvalue weighted by atomic mass is 16.4. The highest BCUT2D eigenvalue weighted by molar-refractivity contribution is 5.86. The van der Waals surface area contributed by atoms with Crippen LogP contribution in [0.1, 0.15) is 148 Å². The van der Waals surface area contributed by atoms with Gasteiger partial charge in [0.1, 0.15) is 6.04 Å². The first-order valence-corrected chi connectivity index (χ1v) is 17.0. The molecule has 0 aromatic rings. The molecule has 1 atom stereocenters. The number of carbonyl (C=O) groups is 5. The average molecular weight is 610 g/mol. The molecule has 0 aromatic heterocycles. The van der Waals surface area contributed by atoms with Crippen molar-refractivity contribution in [3.05, 3.63) is 0 Å². The zero-order valence-corrected chi connectivity index (χ0v) is 26.7. The molecule has 10 heteroatoms. The van der Waals surface area contributed by atoms with Crippen LogP contribution >= 0.6 is 0 Å². The fraction of sp³-hybridized carbons (Fsp3) is 0.848. The minimum atomic E-state index is -1.15. The van der Waals surface area contributed by atoms with Gasteiger partial charge in [0.2, 0.25) is 17.7 Å². The normalized spacial score (nSPS) is 14.3. The quantitative estimate of drug-likeness (QED) is 0.0902. The van der Waals surface area contributed by atoms with E-state index in [0.29, 0.717) is 45.3 Å². The van der Waals surface area contributed by atoms with Crippen molar-refractivity contribution in [3.63, 3.8) is 0 Å². The van der Waals surface area contributed by atoms with Gasteiger partial charge in [-0.3, -0.25) is 19.2 Å². The number of aliphatic carboxylic acids is 2. The smallest absolute Gasteiger partial charge is 0.326 e. The molecule has 1 aliphatic rings. The summed E-state index contributed by atoms with van der Waals surface area (Å²) in [5.41, 5.74) is 0. The van der Waals surface area contributed by atoms with Gasteiger partial charge < -0.3 is 25.7 Å². The largest absolute Gasteiger partial charge is 0.481 e. The SMILES string of the molecule is CCNC(=O)CC[C@H](NC(=O)C1CCN(C(=O)CCCCCCCCCCCCCCCCCCC(=O)O)CC1)C(=O)O. The number of piperidine rings is 1. The van der Waals surface area contributed by atoms with E-state index in [9.17, 15) is 29.1 Å². The first-order valence-electron chi connectivity index (χ1n) is 17.0. The van der Waals surface area contributed by atoms with Gasteiger partial charge in [0.05, 0.1) is 0 Å². The van der Waals surface area contributed by atoms with Crippen LogP contribution in [-0.4, -0.2) is 70.4 Å². The van der Waals surface area contributed by atoms with E-state index in [1.54, 1.807) is 6.92 Å². The van der Waals surface area contributed by atoms with Crippen LogP contribution in [-0.2, 0) is 24.0 Å². The molecule has 1 fully saturated rings. The maximum Gasteiger partial charge on any atom is 0.326 e. The lowest BCUT2D eigenvalue weighted by molar-refractivity contribution is -0.143. The van der Waals surface area contributed by atoms with Gasteiger partial charge in [-0.05, 0) is 39.0 Å². The molecular weight excluding hydrogens is 550 g/mol. The summed E-state index contributed by atoms with van der Waals surface area (Å²) in [4.78, 5) is 60.7. The Kier molecular flexibility index (Phi) is 22.1. The van der Waals surface area contributed by atoms with Gasteiger partial charge in [0.25, 0.3) is 0 Å². The van der Waals surface area contributed by atoms with E-state index in [1.807, 2.05) is 4.90 Å². The highest BCUT2D eigenvalue weighted by Gasteiger charge is 2.30. The molecule has 0 saturated carbocycles. The van der Waals surface area contributed by atoms with Crippen molar-refractivity contribution in [1.82, 2.24) is 15.5 Å². The monoisotopic (exact) mass is 609 g/mol. The second-order valence-electron chi connectivity index (χ2n) is 12.1. The molecule has 0 radical (unpaired) electrons. The van der Waals surface area contributed by atoms with Crippen LogP contribution < -0.4 is 10.6 Å². The van der Waals surface area contributed by atoms with Crippen molar-refractivity contribution in [2.45, 2.75) is 154 Å². The zero-order chi connectivity index (χ0) is 31.7. The molecule has 3 amide bonds. The molecule has 1 saturated heterocycles. The lowest BCUT2D eigenvalue weighted by atomic mass is 9.95. The summed E-state index contributed by atoms with van der Waals surface area (Å²) in [6.07, 6.45) is 20.9. The van der Waals surface area contributed by atoms with Crippen LogP contribution in [0.25, 0.3) is 0 Å². The first-order chi connectivity index (χ1) is 20.7. The Morgan fingerprint density at radius 3 is 1.53 bits per heavy atom. The van der Waals surface area contributed by atoms with E-state index in [1.165, 1.54) is 64.2 Å². The van der Waals surface area contributed by atoms with Gasteiger partial charge in [0.15, 0.2) is 0 Å². The van der Waals surface area contributed by atoms with E-state index in [4.69, 9.17) is 5.11 Å². The number of carboxylic acid groups (broad SMARTS) is 2. The van der Waals surface area contributed by atoms with Crippen LogP contribution in [0.2, 0.25) is 0 Å². The van der Waals surface area contributed by atoms with Crippen LogP contribution in [0.15, 0.2) is 0 Å². The maximum absolute atomic E-state index is 12.6. The predicted molar refractivity (Wildman–Crippen MR) is 168 cm³/mol. The number of hydrogen-bond acceptors (Lipinski definition) is 5. The summed E-state index contributed by atoms with van der Waals surface area (Å²) in [6.45, 7) is 3.30. The van der Waals surface area contributed by atoms with E-state index in [0.717, 1.165) is 38.5 Å². The minimum absolute atomic E-state index is 0.0423. The van der Waals surface area contributed by atoms with Crippen molar-refractivity contribution in [1.29, 1.82) is 0 Å². The lowest BCUT2D eigenvalue weighted by Gasteiger charge is -2.32. The van der Waals surface area contributed by atoms with E-state index in [2.05, 4.69) is 10.6 Å². The van der Waals surface area contributed by atoms with Crippen LogP contribution in [0, 0.1) is 5.92 Å². The number of unbranched alkanes of at least 4 members (excludes halogenated alkanes) is 15. The number of carboxylic acids is 2. The van der Waals surface area contributed by atoms with Gasteiger partial charge in [-0.15, -0.1) is 0 Å². The molecule has 43 heavy (non-hydrogen) atoms. The molecule has 1 heterocycles. The third-order valence-electron chi connectivity index (χ3n) is 8.40. The molecule has 1 rings (SSSR count). The second kappa shape index (κ2) is 24.8. The van der Waals surface area contributed by atoms with Crippen molar-refractivity contribution in [2.75, 3.05) is 19.6 Å².